The van der Waals surface area contributed by atoms with Gasteiger partial charge in [0.05, 0.1) is 5.52 Å². The molecule has 0 amide bonds. The number of hydrogen-bond acceptors (Lipinski definition) is 4. The zero-order valence-electron chi connectivity index (χ0n) is 17.8. The second kappa shape index (κ2) is 6.83. The molecule has 4 aromatic rings. The number of rotatable bonds is 4. The van der Waals surface area contributed by atoms with Crippen LogP contribution in [0.4, 0.5) is 10.3 Å². The van der Waals surface area contributed by atoms with Crippen LogP contribution in [0.3, 0.4) is 0 Å². The number of nitrogens with zero attached hydrogens (tertiary/aromatic N) is 4. The van der Waals surface area contributed by atoms with Gasteiger partial charge in [0, 0.05) is 35.9 Å². The fourth-order valence-electron chi connectivity index (χ4n) is 3.65. The van der Waals surface area contributed by atoms with Crippen LogP contribution in [0.5, 0.6) is 0 Å². The molecule has 1 aromatic carbocycles. The van der Waals surface area contributed by atoms with E-state index in [1.807, 2.05) is 19.2 Å². The van der Waals surface area contributed by atoms with Crippen LogP contribution < -0.4 is 5.32 Å². The molecule has 0 aliphatic carbocycles. The van der Waals surface area contributed by atoms with Crippen molar-refractivity contribution in [2.24, 2.45) is 5.41 Å². The van der Waals surface area contributed by atoms with Gasteiger partial charge in [-0.3, -0.25) is 0 Å². The van der Waals surface area contributed by atoms with Gasteiger partial charge >= 0.3 is 0 Å². The summed E-state index contributed by atoms with van der Waals surface area (Å²) in [6.07, 6.45) is 3.64. The number of aromatic nitrogens is 5. The van der Waals surface area contributed by atoms with E-state index in [-0.39, 0.29) is 17.3 Å². The standard InChI is InChI=1S/C22H27FN6/c1-12(2)29-13(3)27-19-17(23)7-14(8-18(19)29)15-9-24-20-16(15)10-25-21(28-20)26-11-22(4,5)6/h7-10,12H,11H2,1-6H3,(H2,24,25,26,28). The second-order valence-electron chi connectivity index (χ2n) is 9.02. The lowest BCUT2D eigenvalue weighted by Crippen LogP contribution is -2.20. The first-order chi connectivity index (χ1) is 13.6. The number of H-pyrrole nitrogens is 1. The Morgan fingerprint density at radius 3 is 2.66 bits per heavy atom. The Kier molecular flexibility index (Phi) is 4.56. The molecule has 0 aliphatic rings. The Balaban J connectivity index is 1.78. The van der Waals surface area contributed by atoms with E-state index < -0.39 is 0 Å². The molecule has 7 heteroatoms. The minimum absolute atomic E-state index is 0.129. The zero-order chi connectivity index (χ0) is 20.9. The third-order valence-electron chi connectivity index (χ3n) is 4.96. The number of hydrogen-bond donors (Lipinski definition) is 2. The van der Waals surface area contributed by atoms with E-state index in [1.165, 1.54) is 6.07 Å². The van der Waals surface area contributed by atoms with Gasteiger partial charge in [0.25, 0.3) is 0 Å². The van der Waals surface area contributed by atoms with E-state index in [0.29, 0.717) is 11.5 Å². The molecule has 3 heterocycles. The molecule has 29 heavy (non-hydrogen) atoms. The molecule has 0 atom stereocenters. The molecule has 0 fully saturated rings. The lowest BCUT2D eigenvalue weighted by atomic mass is 9.97. The van der Waals surface area contributed by atoms with Crippen molar-refractivity contribution in [3.05, 3.63) is 36.2 Å². The predicted octanol–water partition coefficient (Wildman–Crippen LogP) is 5.46. The molecule has 0 spiro atoms. The van der Waals surface area contributed by atoms with E-state index in [9.17, 15) is 4.39 Å². The highest BCUT2D eigenvalue weighted by atomic mass is 19.1. The summed E-state index contributed by atoms with van der Waals surface area (Å²) in [4.78, 5) is 16.6. The Bertz CT molecular complexity index is 1200. The number of halogens is 1. The van der Waals surface area contributed by atoms with E-state index in [4.69, 9.17) is 0 Å². The number of imidazole rings is 1. The van der Waals surface area contributed by atoms with Crippen LogP contribution in [0, 0.1) is 18.2 Å². The van der Waals surface area contributed by atoms with Gasteiger partial charge in [0.2, 0.25) is 5.95 Å². The molecule has 152 valence electrons. The molecule has 2 N–H and O–H groups in total. The number of fused-ring (bicyclic) bond motifs is 2. The van der Waals surface area contributed by atoms with E-state index in [0.717, 1.165) is 40.0 Å². The van der Waals surface area contributed by atoms with E-state index in [2.05, 4.69) is 64.4 Å². The molecule has 0 unspecified atom stereocenters. The highest BCUT2D eigenvalue weighted by molar-refractivity contribution is 5.96. The van der Waals surface area contributed by atoms with Gasteiger partial charge in [-0.1, -0.05) is 20.8 Å². The predicted molar refractivity (Wildman–Crippen MR) is 116 cm³/mol. The van der Waals surface area contributed by atoms with Crippen molar-refractivity contribution in [3.8, 4) is 11.1 Å². The summed E-state index contributed by atoms with van der Waals surface area (Å²) in [6, 6.07) is 3.72. The van der Waals surface area contributed by atoms with Gasteiger partial charge in [-0.2, -0.15) is 4.98 Å². The summed E-state index contributed by atoms with van der Waals surface area (Å²) >= 11 is 0. The first-order valence-electron chi connectivity index (χ1n) is 9.90. The molecule has 3 aromatic heterocycles. The Hall–Kier alpha value is -2.96. The van der Waals surface area contributed by atoms with Crippen LogP contribution in [0.15, 0.2) is 24.5 Å². The average Bonchev–Trinajstić information content (AvgIpc) is 3.19. The lowest BCUT2D eigenvalue weighted by Gasteiger charge is -2.18. The average molecular weight is 394 g/mol. The maximum atomic E-state index is 14.8. The van der Waals surface area contributed by atoms with Crippen molar-refractivity contribution in [2.45, 2.75) is 47.6 Å². The fourth-order valence-corrected chi connectivity index (χ4v) is 3.65. The maximum absolute atomic E-state index is 14.8. The quantitative estimate of drug-likeness (QED) is 0.482. The van der Waals surface area contributed by atoms with Crippen LogP contribution in [0.25, 0.3) is 33.2 Å². The summed E-state index contributed by atoms with van der Waals surface area (Å²) in [7, 11) is 0. The van der Waals surface area contributed by atoms with Crippen LogP contribution in [0.2, 0.25) is 0 Å². The number of aromatic amines is 1. The van der Waals surface area contributed by atoms with Crippen molar-refractivity contribution in [3.63, 3.8) is 0 Å². The number of aryl methyl sites for hydroxylation is 1. The largest absolute Gasteiger partial charge is 0.354 e. The molecule has 0 saturated heterocycles. The van der Waals surface area contributed by atoms with Crippen molar-refractivity contribution in [1.29, 1.82) is 0 Å². The SMILES string of the molecule is Cc1nc2c(F)cc(-c3c[nH]c4nc(NCC(C)(C)C)ncc34)cc2n1C(C)C. The van der Waals surface area contributed by atoms with E-state index >= 15 is 0 Å². The van der Waals surface area contributed by atoms with Crippen LogP contribution in [0.1, 0.15) is 46.5 Å². The second-order valence-corrected chi connectivity index (χ2v) is 9.02. The Morgan fingerprint density at radius 1 is 1.21 bits per heavy atom. The number of anilines is 1. The number of benzene rings is 1. The van der Waals surface area contributed by atoms with E-state index in [1.54, 1.807) is 6.20 Å². The highest BCUT2D eigenvalue weighted by Gasteiger charge is 2.18. The fraction of sp³-hybridized carbons (Fsp3) is 0.409. The minimum atomic E-state index is -0.321. The van der Waals surface area contributed by atoms with Crippen molar-refractivity contribution in [1.82, 2.24) is 24.5 Å². The van der Waals surface area contributed by atoms with Crippen LogP contribution in [-0.4, -0.2) is 31.0 Å². The third-order valence-corrected chi connectivity index (χ3v) is 4.96. The zero-order valence-corrected chi connectivity index (χ0v) is 17.8. The third kappa shape index (κ3) is 3.57. The molecule has 0 saturated carbocycles. The van der Waals surface area contributed by atoms with Crippen molar-refractivity contribution >= 4 is 28.0 Å². The maximum Gasteiger partial charge on any atom is 0.224 e. The van der Waals surface area contributed by atoms with Gasteiger partial charge in [0.15, 0.2) is 5.82 Å². The normalized spacial score (nSPS) is 12.4. The molecular weight excluding hydrogens is 367 g/mol. The Morgan fingerprint density at radius 2 is 1.97 bits per heavy atom. The van der Waals surface area contributed by atoms with Crippen molar-refractivity contribution in [2.75, 3.05) is 11.9 Å². The molecule has 6 nitrogen and oxygen atoms in total. The lowest BCUT2D eigenvalue weighted by molar-refractivity contribution is 0.442. The highest BCUT2D eigenvalue weighted by Crippen LogP contribution is 2.33. The first kappa shape index (κ1) is 19.4. The van der Waals surface area contributed by atoms with Crippen molar-refractivity contribution < 1.29 is 4.39 Å². The summed E-state index contributed by atoms with van der Waals surface area (Å²) in [5.41, 5.74) is 3.71. The van der Waals surface area contributed by atoms with Gasteiger partial charge in [-0.25, -0.2) is 14.4 Å². The van der Waals surface area contributed by atoms with Crippen LogP contribution in [-0.2, 0) is 0 Å². The molecule has 0 radical (unpaired) electrons. The summed E-state index contributed by atoms with van der Waals surface area (Å²) in [6.45, 7) is 13.3. The van der Waals surface area contributed by atoms with Gasteiger partial charge in [-0.05, 0) is 43.9 Å². The van der Waals surface area contributed by atoms with Gasteiger partial charge in [-0.15, -0.1) is 0 Å². The van der Waals surface area contributed by atoms with Crippen LogP contribution >= 0.6 is 0 Å². The molecular formula is C22H27FN6. The van der Waals surface area contributed by atoms with Gasteiger partial charge in [0.1, 0.15) is 17.0 Å². The molecule has 4 rings (SSSR count). The summed E-state index contributed by atoms with van der Waals surface area (Å²) < 4.78 is 16.9. The summed E-state index contributed by atoms with van der Waals surface area (Å²) in [5.74, 6) is 1.07. The smallest absolute Gasteiger partial charge is 0.224 e. The molecule has 0 bridgehead atoms. The first-order valence-corrected chi connectivity index (χ1v) is 9.90. The Labute approximate surface area is 169 Å². The number of nitrogens with one attached hydrogen (secondary N) is 2. The van der Waals surface area contributed by atoms with Gasteiger partial charge < -0.3 is 14.9 Å². The topological polar surface area (TPSA) is 71.4 Å². The summed E-state index contributed by atoms with van der Waals surface area (Å²) in [5, 5.41) is 4.13. The molecule has 0 aliphatic heterocycles. The minimum Gasteiger partial charge on any atom is -0.354 e. The monoisotopic (exact) mass is 394 g/mol.